The highest BCUT2D eigenvalue weighted by atomic mass is 35.5. The van der Waals surface area contributed by atoms with Gasteiger partial charge in [-0.15, -0.1) is 11.6 Å². The first-order chi connectivity index (χ1) is 15.1. The van der Waals surface area contributed by atoms with Crippen LogP contribution < -0.4 is 5.73 Å². The summed E-state index contributed by atoms with van der Waals surface area (Å²) >= 11 is 6.85. The number of imidazole rings is 1. The van der Waals surface area contributed by atoms with Crippen LogP contribution in [0.1, 0.15) is 39.8 Å². The molecule has 12 nitrogen and oxygen atoms in total. The third kappa shape index (κ3) is 4.48. The maximum absolute atomic E-state index is 13.0. The van der Waals surface area contributed by atoms with Crippen molar-refractivity contribution in [3.05, 3.63) is 12.7 Å². The van der Waals surface area contributed by atoms with Crippen molar-refractivity contribution in [2.24, 2.45) is 0 Å². The number of carbonyl (C=O) groups excluding carboxylic acids is 1. The molecule has 0 bridgehead atoms. The first-order valence-corrected chi connectivity index (χ1v) is 12.0. The van der Waals surface area contributed by atoms with E-state index in [9.17, 15) is 9.36 Å². The lowest BCUT2D eigenvalue weighted by molar-refractivity contribution is -0.147. The zero-order valence-corrected chi connectivity index (χ0v) is 19.5. The number of hydrogen-bond acceptors (Lipinski definition) is 11. The molecule has 0 aromatic carbocycles. The van der Waals surface area contributed by atoms with Gasteiger partial charge < -0.3 is 15.2 Å². The molecule has 176 valence electrons. The molecule has 32 heavy (non-hydrogen) atoms. The number of esters is 1. The van der Waals surface area contributed by atoms with E-state index in [-0.39, 0.29) is 37.5 Å². The Morgan fingerprint density at radius 3 is 2.97 bits per heavy atom. The SMILES string of the molecule is CC(C)OC(=O)CCCOP1(=O)OC[C@H]2O[C@@H](n3cnc4c(N)ncnc43)[C@](C)(Cl)[C@@H]2O1. The molecule has 0 radical (unpaired) electrons. The molecule has 0 spiro atoms. The Kier molecular flexibility index (Phi) is 6.45. The molecular formula is C18H25ClN5O7P. The molecule has 2 aliphatic heterocycles. The van der Waals surface area contributed by atoms with Crippen LogP contribution in [-0.4, -0.2) is 61.9 Å². The van der Waals surface area contributed by atoms with E-state index < -0.39 is 31.1 Å². The highest BCUT2D eigenvalue weighted by Crippen LogP contribution is 2.60. The second-order valence-corrected chi connectivity index (χ2v) is 10.4. The van der Waals surface area contributed by atoms with Crippen LogP contribution in [0.3, 0.4) is 0 Å². The van der Waals surface area contributed by atoms with Crippen molar-refractivity contribution in [3.8, 4) is 0 Å². The van der Waals surface area contributed by atoms with Gasteiger partial charge in [-0.2, -0.15) is 0 Å². The number of hydrogen-bond donors (Lipinski definition) is 1. The van der Waals surface area contributed by atoms with Crippen LogP contribution >= 0.6 is 19.4 Å². The summed E-state index contributed by atoms with van der Waals surface area (Å²) in [6.07, 6.45) is 0.919. The van der Waals surface area contributed by atoms with E-state index in [0.717, 1.165) is 0 Å². The van der Waals surface area contributed by atoms with Gasteiger partial charge in [0.15, 0.2) is 17.7 Å². The Labute approximate surface area is 189 Å². The average Bonchev–Trinajstić information content (AvgIpc) is 3.24. The summed E-state index contributed by atoms with van der Waals surface area (Å²) in [6, 6.07) is 0. The monoisotopic (exact) mass is 489 g/mol. The lowest BCUT2D eigenvalue weighted by atomic mass is 10.0. The van der Waals surface area contributed by atoms with Crippen LogP contribution in [0.4, 0.5) is 5.82 Å². The highest BCUT2D eigenvalue weighted by Gasteiger charge is 2.60. The molecule has 0 aliphatic carbocycles. The van der Waals surface area contributed by atoms with Gasteiger partial charge in [-0.05, 0) is 27.2 Å². The molecule has 0 saturated carbocycles. The number of phosphoric acid groups is 1. The number of carbonyl (C=O) groups is 1. The van der Waals surface area contributed by atoms with Crippen molar-refractivity contribution in [1.29, 1.82) is 0 Å². The van der Waals surface area contributed by atoms with Gasteiger partial charge in [-0.25, -0.2) is 19.5 Å². The number of anilines is 1. The maximum Gasteiger partial charge on any atom is 0.475 e. The normalized spacial score (nSPS) is 32.3. The van der Waals surface area contributed by atoms with Gasteiger partial charge in [-0.3, -0.25) is 22.9 Å². The van der Waals surface area contributed by atoms with Gasteiger partial charge in [0.2, 0.25) is 0 Å². The average molecular weight is 490 g/mol. The van der Waals surface area contributed by atoms with Gasteiger partial charge >= 0.3 is 13.8 Å². The molecule has 4 rings (SSSR count). The second kappa shape index (κ2) is 8.85. The predicted molar refractivity (Wildman–Crippen MR) is 113 cm³/mol. The van der Waals surface area contributed by atoms with Gasteiger partial charge in [0.05, 0.1) is 25.6 Å². The summed E-state index contributed by atoms with van der Waals surface area (Å²) in [5.41, 5.74) is 6.72. The number of phosphoric ester groups is 1. The number of nitrogens with two attached hydrogens (primary N) is 1. The lowest BCUT2D eigenvalue weighted by Gasteiger charge is -2.34. The predicted octanol–water partition coefficient (Wildman–Crippen LogP) is 2.58. The number of nitrogen functional groups attached to an aromatic ring is 1. The highest BCUT2D eigenvalue weighted by molar-refractivity contribution is 7.48. The van der Waals surface area contributed by atoms with E-state index in [0.29, 0.717) is 17.6 Å². The number of fused-ring (bicyclic) bond motifs is 2. The molecule has 2 fully saturated rings. The van der Waals surface area contributed by atoms with Gasteiger partial charge in [0.25, 0.3) is 0 Å². The summed E-state index contributed by atoms with van der Waals surface area (Å²) in [6.45, 7) is 5.19. The Balaban J connectivity index is 1.42. The molecule has 2 aromatic heterocycles. The zero-order chi connectivity index (χ0) is 23.1. The molecule has 2 aliphatic rings. The minimum atomic E-state index is -3.90. The molecule has 4 heterocycles. The largest absolute Gasteiger partial charge is 0.475 e. The number of aromatic nitrogens is 4. The first-order valence-electron chi connectivity index (χ1n) is 10.1. The van der Waals surface area contributed by atoms with E-state index in [1.54, 1.807) is 25.3 Å². The van der Waals surface area contributed by atoms with Gasteiger partial charge in [-0.1, -0.05) is 0 Å². The topological polar surface area (TPSA) is 150 Å². The Bertz CT molecular complexity index is 1050. The first kappa shape index (κ1) is 23.3. The number of alkyl halides is 1. The van der Waals surface area contributed by atoms with Crippen LogP contribution in [0.5, 0.6) is 0 Å². The Hall–Kier alpha value is -1.82. The second-order valence-electron chi connectivity index (χ2n) is 8.01. The van der Waals surface area contributed by atoms with E-state index in [1.807, 2.05) is 0 Å². The standard InChI is InChI=1S/C18H25ClN5O7P/c1-10(2)29-12(25)5-4-6-27-32(26)28-7-11-14(31-32)18(3,19)17(30-11)24-9-23-13-15(20)21-8-22-16(13)24/h8-11,14,17H,4-7H2,1-3H3,(H2,20,21,22)/t11-,14-,17-,18-,32?/m1/s1. The van der Waals surface area contributed by atoms with Crippen molar-refractivity contribution < 1.29 is 32.4 Å². The van der Waals surface area contributed by atoms with Crippen LogP contribution in [-0.2, 0) is 32.4 Å². The van der Waals surface area contributed by atoms with Crippen molar-refractivity contribution in [2.45, 2.75) is 63.0 Å². The summed E-state index contributed by atoms with van der Waals surface area (Å²) in [4.78, 5) is 22.9. The molecule has 2 saturated heterocycles. The van der Waals surface area contributed by atoms with Crippen LogP contribution in [0.15, 0.2) is 12.7 Å². The van der Waals surface area contributed by atoms with Crippen molar-refractivity contribution in [2.75, 3.05) is 18.9 Å². The summed E-state index contributed by atoms with van der Waals surface area (Å²) in [5.74, 6) is -0.125. The summed E-state index contributed by atoms with van der Waals surface area (Å²) in [5, 5.41) is 0. The third-order valence-corrected chi connectivity index (χ3v) is 6.95. The molecule has 0 amide bonds. The van der Waals surface area contributed by atoms with Crippen molar-refractivity contribution in [3.63, 3.8) is 0 Å². The van der Waals surface area contributed by atoms with Crippen molar-refractivity contribution >= 4 is 42.4 Å². The number of rotatable bonds is 7. The fraction of sp³-hybridized carbons (Fsp3) is 0.667. The third-order valence-electron chi connectivity index (χ3n) is 5.10. The van der Waals surface area contributed by atoms with Crippen molar-refractivity contribution in [1.82, 2.24) is 19.5 Å². The van der Waals surface area contributed by atoms with Crippen LogP contribution in [0.25, 0.3) is 11.2 Å². The molecular weight excluding hydrogens is 465 g/mol. The fourth-order valence-electron chi connectivity index (χ4n) is 3.67. The van der Waals surface area contributed by atoms with Gasteiger partial charge in [0.1, 0.15) is 28.9 Å². The van der Waals surface area contributed by atoms with E-state index in [4.69, 9.17) is 40.4 Å². The van der Waals surface area contributed by atoms with E-state index >= 15 is 0 Å². The summed E-state index contributed by atoms with van der Waals surface area (Å²) in [7, 11) is -3.90. The van der Waals surface area contributed by atoms with E-state index in [1.165, 1.54) is 12.7 Å². The zero-order valence-electron chi connectivity index (χ0n) is 17.8. The maximum atomic E-state index is 13.0. The van der Waals surface area contributed by atoms with Crippen LogP contribution in [0, 0.1) is 0 Å². The fourth-order valence-corrected chi connectivity index (χ4v) is 5.58. The van der Waals surface area contributed by atoms with E-state index in [2.05, 4.69) is 15.0 Å². The molecule has 1 unspecified atom stereocenters. The lowest BCUT2D eigenvalue weighted by Crippen LogP contribution is -2.44. The Morgan fingerprint density at radius 2 is 2.22 bits per heavy atom. The number of halogens is 1. The quantitative estimate of drug-likeness (QED) is 0.264. The van der Waals surface area contributed by atoms with Crippen LogP contribution in [0.2, 0.25) is 0 Å². The Morgan fingerprint density at radius 1 is 1.44 bits per heavy atom. The molecule has 2 N–H and O–H groups in total. The smallest absolute Gasteiger partial charge is 0.463 e. The summed E-state index contributed by atoms with van der Waals surface area (Å²) < 4.78 is 42.2. The molecule has 2 aromatic rings. The van der Waals surface area contributed by atoms with Gasteiger partial charge in [0, 0.05) is 6.42 Å². The molecule has 5 atom stereocenters. The molecule has 14 heteroatoms. The minimum Gasteiger partial charge on any atom is -0.463 e. The minimum absolute atomic E-state index is 0.00645. The number of nitrogens with zero attached hydrogens (tertiary/aromatic N) is 4. The number of ether oxygens (including phenoxy) is 2.